The summed E-state index contributed by atoms with van der Waals surface area (Å²) in [7, 11) is 0. The zero-order valence-electron chi connectivity index (χ0n) is 8.12. The van der Waals surface area contributed by atoms with Gasteiger partial charge in [0.2, 0.25) is 0 Å². The van der Waals surface area contributed by atoms with E-state index in [2.05, 4.69) is 11.5 Å². The SMILES string of the molecule is C=C(Cl)CN1CC(C)(OCC(=O)O)C1. The lowest BCUT2D eigenvalue weighted by Gasteiger charge is -2.47. The standard InChI is InChI=1S/C9H14ClNO3/c1-7(10)3-11-5-9(2,6-11)14-4-8(12)13/h1,3-6H2,2H3,(H,12,13). The van der Waals surface area contributed by atoms with Crippen LogP contribution in [0.25, 0.3) is 0 Å². The Bertz CT molecular complexity index is 248. The molecule has 0 atom stereocenters. The van der Waals surface area contributed by atoms with Gasteiger partial charge in [-0.05, 0) is 6.92 Å². The lowest BCUT2D eigenvalue weighted by atomic mass is 9.96. The highest BCUT2D eigenvalue weighted by Crippen LogP contribution is 2.25. The molecule has 5 heteroatoms. The lowest BCUT2D eigenvalue weighted by Crippen LogP contribution is -2.61. The van der Waals surface area contributed by atoms with Crippen LogP contribution in [0, 0.1) is 0 Å². The van der Waals surface area contributed by atoms with Crippen molar-refractivity contribution < 1.29 is 14.6 Å². The first kappa shape index (κ1) is 11.5. The van der Waals surface area contributed by atoms with E-state index in [0.717, 1.165) is 0 Å². The Hall–Kier alpha value is -0.580. The van der Waals surface area contributed by atoms with Crippen molar-refractivity contribution in [2.45, 2.75) is 12.5 Å². The van der Waals surface area contributed by atoms with Crippen molar-refractivity contribution in [1.82, 2.24) is 4.90 Å². The first-order chi connectivity index (χ1) is 6.41. The summed E-state index contributed by atoms with van der Waals surface area (Å²) in [5.41, 5.74) is -0.343. The van der Waals surface area contributed by atoms with Gasteiger partial charge in [-0.3, -0.25) is 4.90 Å². The molecule has 1 N–H and O–H groups in total. The number of halogens is 1. The second kappa shape index (κ2) is 4.29. The fourth-order valence-electron chi connectivity index (χ4n) is 1.58. The second-order valence-corrected chi connectivity index (χ2v) is 4.33. The molecule has 0 aromatic rings. The van der Waals surface area contributed by atoms with Gasteiger partial charge in [-0.25, -0.2) is 4.79 Å². The second-order valence-electron chi connectivity index (χ2n) is 3.79. The number of carboxylic acid groups (broad SMARTS) is 1. The molecular weight excluding hydrogens is 206 g/mol. The van der Waals surface area contributed by atoms with Crippen LogP contribution in [0.15, 0.2) is 11.6 Å². The number of hydrogen-bond acceptors (Lipinski definition) is 3. The molecule has 1 heterocycles. The smallest absolute Gasteiger partial charge is 0.329 e. The maximum absolute atomic E-state index is 10.3. The van der Waals surface area contributed by atoms with E-state index in [0.29, 0.717) is 24.7 Å². The van der Waals surface area contributed by atoms with Crippen LogP contribution >= 0.6 is 11.6 Å². The molecule has 1 aliphatic heterocycles. The third-order valence-corrected chi connectivity index (χ3v) is 2.17. The van der Waals surface area contributed by atoms with Gasteiger partial charge in [0.1, 0.15) is 6.61 Å². The van der Waals surface area contributed by atoms with Crippen LogP contribution in [-0.4, -0.2) is 47.8 Å². The highest BCUT2D eigenvalue weighted by atomic mass is 35.5. The third kappa shape index (κ3) is 3.29. The number of nitrogens with zero attached hydrogens (tertiary/aromatic N) is 1. The Kier molecular flexibility index (Phi) is 3.53. The number of hydrogen-bond donors (Lipinski definition) is 1. The average Bonchev–Trinajstić information content (AvgIpc) is 1.97. The van der Waals surface area contributed by atoms with Crippen LogP contribution in [0.3, 0.4) is 0 Å². The Balaban J connectivity index is 2.23. The highest BCUT2D eigenvalue weighted by molar-refractivity contribution is 6.29. The normalized spacial score (nSPS) is 20.1. The average molecular weight is 220 g/mol. The number of ether oxygens (including phenoxy) is 1. The summed E-state index contributed by atoms with van der Waals surface area (Å²) in [5, 5.41) is 9.02. The molecule has 0 spiro atoms. The van der Waals surface area contributed by atoms with E-state index in [1.165, 1.54) is 0 Å². The number of carbonyl (C=O) groups is 1. The number of likely N-dealkylation sites (tertiary alicyclic amines) is 1. The largest absolute Gasteiger partial charge is 0.480 e. The maximum Gasteiger partial charge on any atom is 0.329 e. The Morgan fingerprint density at radius 1 is 1.71 bits per heavy atom. The number of rotatable bonds is 5. The molecule has 0 unspecified atom stereocenters. The first-order valence-corrected chi connectivity index (χ1v) is 4.70. The summed E-state index contributed by atoms with van der Waals surface area (Å²) < 4.78 is 5.22. The molecule has 0 amide bonds. The van der Waals surface area contributed by atoms with Gasteiger partial charge in [0.05, 0.1) is 5.60 Å². The summed E-state index contributed by atoms with van der Waals surface area (Å²) in [6, 6.07) is 0. The fraction of sp³-hybridized carbons (Fsp3) is 0.667. The van der Waals surface area contributed by atoms with Crippen molar-refractivity contribution in [3.05, 3.63) is 11.6 Å². The zero-order chi connectivity index (χ0) is 10.8. The molecule has 1 fully saturated rings. The van der Waals surface area contributed by atoms with Crippen molar-refractivity contribution in [3.63, 3.8) is 0 Å². The molecule has 0 bridgehead atoms. The monoisotopic (exact) mass is 219 g/mol. The van der Waals surface area contributed by atoms with Crippen molar-refractivity contribution in [2.75, 3.05) is 26.2 Å². The van der Waals surface area contributed by atoms with Gasteiger partial charge >= 0.3 is 5.97 Å². The van der Waals surface area contributed by atoms with E-state index in [-0.39, 0.29) is 12.2 Å². The van der Waals surface area contributed by atoms with E-state index in [9.17, 15) is 4.79 Å². The predicted octanol–water partition coefficient (Wildman–Crippen LogP) is 0.914. The van der Waals surface area contributed by atoms with Crippen LogP contribution in [0.2, 0.25) is 0 Å². The van der Waals surface area contributed by atoms with E-state index in [1.807, 2.05) is 6.92 Å². The quantitative estimate of drug-likeness (QED) is 0.747. The molecule has 0 radical (unpaired) electrons. The molecule has 0 aromatic carbocycles. The van der Waals surface area contributed by atoms with E-state index in [1.54, 1.807) is 0 Å². The lowest BCUT2D eigenvalue weighted by molar-refractivity contribution is -0.163. The van der Waals surface area contributed by atoms with E-state index in [4.69, 9.17) is 21.4 Å². The molecule has 1 rings (SSSR count). The minimum absolute atomic E-state index is 0.244. The molecule has 0 aliphatic carbocycles. The van der Waals surface area contributed by atoms with Gasteiger partial charge in [-0.1, -0.05) is 18.2 Å². The summed E-state index contributed by atoms with van der Waals surface area (Å²) >= 11 is 5.63. The summed E-state index contributed by atoms with van der Waals surface area (Å²) in [6.45, 7) is 7.27. The van der Waals surface area contributed by atoms with Crippen molar-refractivity contribution in [1.29, 1.82) is 0 Å². The molecule has 4 nitrogen and oxygen atoms in total. The molecule has 80 valence electrons. The predicted molar refractivity (Wildman–Crippen MR) is 53.4 cm³/mol. The van der Waals surface area contributed by atoms with E-state index < -0.39 is 5.97 Å². The Labute approximate surface area is 88.1 Å². The Morgan fingerprint density at radius 3 is 2.71 bits per heavy atom. The number of aliphatic carboxylic acids is 1. The van der Waals surface area contributed by atoms with Crippen LogP contribution in [0.1, 0.15) is 6.92 Å². The molecule has 0 saturated carbocycles. The molecule has 0 aromatic heterocycles. The summed E-state index contributed by atoms with van der Waals surface area (Å²) in [4.78, 5) is 12.3. The summed E-state index contributed by atoms with van der Waals surface area (Å²) in [5.74, 6) is -0.938. The Morgan fingerprint density at radius 2 is 2.29 bits per heavy atom. The van der Waals surface area contributed by atoms with Crippen LogP contribution in [0.5, 0.6) is 0 Å². The van der Waals surface area contributed by atoms with Crippen molar-refractivity contribution >= 4 is 17.6 Å². The van der Waals surface area contributed by atoms with E-state index >= 15 is 0 Å². The zero-order valence-corrected chi connectivity index (χ0v) is 8.88. The van der Waals surface area contributed by atoms with Crippen molar-refractivity contribution in [3.8, 4) is 0 Å². The molecule has 14 heavy (non-hydrogen) atoms. The first-order valence-electron chi connectivity index (χ1n) is 4.33. The number of carboxylic acids is 1. The third-order valence-electron chi connectivity index (χ3n) is 2.06. The van der Waals surface area contributed by atoms with Crippen LogP contribution in [0.4, 0.5) is 0 Å². The highest BCUT2D eigenvalue weighted by Gasteiger charge is 2.39. The topological polar surface area (TPSA) is 49.8 Å². The molecule has 1 aliphatic rings. The molecular formula is C9H14ClNO3. The van der Waals surface area contributed by atoms with Crippen LogP contribution < -0.4 is 0 Å². The van der Waals surface area contributed by atoms with Crippen molar-refractivity contribution in [2.24, 2.45) is 0 Å². The fourth-order valence-corrected chi connectivity index (χ4v) is 1.75. The van der Waals surface area contributed by atoms with Gasteiger partial charge < -0.3 is 9.84 Å². The van der Waals surface area contributed by atoms with Gasteiger partial charge in [0.25, 0.3) is 0 Å². The van der Waals surface area contributed by atoms with Gasteiger partial charge in [0.15, 0.2) is 0 Å². The summed E-state index contributed by atoms with van der Waals surface area (Å²) in [6.07, 6.45) is 0. The van der Waals surface area contributed by atoms with Gasteiger partial charge in [-0.2, -0.15) is 0 Å². The van der Waals surface area contributed by atoms with Crippen LogP contribution in [-0.2, 0) is 9.53 Å². The van der Waals surface area contributed by atoms with Gasteiger partial charge in [0, 0.05) is 24.7 Å². The molecule has 1 saturated heterocycles. The minimum Gasteiger partial charge on any atom is -0.480 e. The van der Waals surface area contributed by atoms with Gasteiger partial charge in [-0.15, -0.1) is 0 Å². The minimum atomic E-state index is -0.938. The maximum atomic E-state index is 10.3.